The molecule has 0 unspecified atom stereocenters. The van der Waals surface area contributed by atoms with Gasteiger partial charge >= 0.3 is 0 Å². The summed E-state index contributed by atoms with van der Waals surface area (Å²) in [6.07, 6.45) is 0. The van der Waals surface area contributed by atoms with Crippen molar-refractivity contribution in [3.05, 3.63) is 59.9 Å². The Morgan fingerprint density at radius 2 is 1.62 bits per heavy atom. The molecule has 0 aromatic heterocycles. The van der Waals surface area contributed by atoms with Crippen LogP contribution in [0.4, 0.5) is 18.9 Å². The second-order valence-electron chi connectivity index (χ2n) is 4.70. The van der Waals surface area contributed by atoms with Gasteiger partial charge in [-0.05, 0) is 36.4 Å². The Kier molecular flexibility index (Phi) is 5.78. The normalized spacial score (nSPS) is 10.1. The van der Waals surface area contributed by atoms with Crippen molar-refractivity contribution in [1.82, 2.24) is 5.32 Å². The average molecular weight is 338 g/mol. The van der Waals surface area contributed by atoms with E-state index in [4.69, 9.17) is 4.74 Å². The first kappa shape index (κ1) is 17.3. The van der Waals surface area contributed by atoms with Crippen LogP contribution in [0.15, 0.2) is 42.5 Å². The third-order valence-electron chi connectivity index (χ3n) is 2.84. The Balaban J connectivity index is 1.73. The SMILES string of the molecule is O=C(COc1ccc(F)c(F)c1)NCC(=O)Nc1ccc(F)cc1. The Hall–Kier alpha value is -3.03. The minimum atomic E-state index is -1.09. The summed E-state index contributed by atoms with van der Waals surface area (Å²) in [6, 6.07) is 7.98. The molecule has 5 nitrogen and oxygen atoms in total. The average Bonchev–Trinajstić information content (AvgIpc) is 2.56. The lowest BCUT2D eigenvalue weighted by Crippen LogP contribution is -2.35. The van der Waals surface area contributed by atoms with Crippen LogP contribution in [-0.2, 0) is 9.59 Å². The topological polar surface area (TPSA) is 67.4 Å². The zero-order valence-corrected chi connectivity index (χ0v) is 12.3. The van der Waals surface area contributed by atoms with Crippen LogP contribution >= 0.6 is 0 Å². The highest BCUT2D eigenvalue weighted by atomic mass is 19.2. The number of carbonyl (C=O) groups is 2. The van der Waals surface area contributed by atoms with E-state index in [9.17, 15) is 22.8 Å². The molecule has 0 aliphatic heterocycles. The first-order valence-electron chi connectivity index (χ1n) is 6.84. The molecular weight excluding hydrogens is 325 g/mol. The van der Waals surface area contributed by atoms with E-state index in [0.29, 0.717) is 5.69 Å². The van der Waals surface area contributed by atoms with Gasteiger partial charge in [0.2, 0.25) is 5.91 Å². The van der Waals surface area contributed by atoms with Crippen LogP contribution in [0.5, 0.6) is 5.75 Å². The maximum atomic E-state index is 13.0. The van der Waals surface area contributed by atoms with Crippen molar-refractivity contribution in [2.24, 2.45) is 0 Å². The fourth-order valence-corrected chi connectivity index (χ4v) is 1.68. The van der Waals surface area contributed by atoms with Crippen LogP contribution in [0.25, 0.3) is 0 Å². The smallest absolute Gasteiger partial charge is 0.258 e. The largest absolute Gasteiger partial charge is 0.484 e. The molecule has 0 saturated heterocycles. The van der Waals surface area contributed by atoms with Gasteiger partial charge in [-0.1, -0.05) is 0 Å². The van der Waals surface area contributed by atoms with Gasteiger partial charge in [0.1, 0.15) is 11.6 Å². The highest BCUT2D eigenvalue weighted by molar-refractivity contribution is 5.94. The summed E-state index contributed by atoms with van der Waals surface area (Å²) in [6.45, 7) is -0.785. The van der Waals surface area contributed by atoms with E-state index in [0.717, 1.165) is 12.1 Å². The molecule has 2 amide bonds. The van der Waals surface area contributed by atoms with E-state index in [2.05, 4.69) is 10.6 Å². The van der Waals surface area contributed by atoms with Crippen molar-refractivity contribution >= 4 is 17.5 Å². The first-order chi connectivity index (χ1) is 11.4. The highest BCUT2D eigenvalue weighted by Gasteiger charge is 2.08. The monoisotopic (exact) mass is 338 g/mol. The van der Waals surface area contributed by atoms with Gasteiger partial charge in [-0.3, -0.25) is 9.59 Å². The lowest BCUT2D eigenvalue weighted by molar-refractivity contribution is -0.125. The molecule has 24 heavy (non-hydrogen) atoms. The van der Waals surface area contributed by atoms with E-state index >= 15 is 0 Å². The molecule has 0 bridgehead atoms. The Morgan fingerprint density at radius 1 is 0.917 bits per heavy atom. The lowest BCUT2D eigenvalue weighted by atomic mass is 10.3. The minimum absolute atomic E-state index is 0.0141. The van der Waals surface area contributed by atoms with Crippen LogP contribution in [0.3, 0.4) is 0 Å². The van der Waals surface area contributed by atoms with Crippen molar-refractivity contribution in [2.45, 2.75) is 0 Å². The molecule has 0 aliphatic carbocycles. The number of benzene rings is 2. The summed E-state index contributed by atoms with van der Waals surface area (Å²) >= 11 is 0. The molecule has 0 radical (unpaired) electrons. The molecule has 0 aliphatic rings. The number of amides is 2. The van der Waals surface area contributed by atoms with Crippen molar-refractivity contribution in [2.75, 3.05) is 18.5 Å². The van der Waals surface area contributed by atoms with Gasteiger partial charge in [0.15, 0.2) is 18.2 Å². The van der Waals surface area contributed by atoms with Crippen molar-refractivity contribution < 1.29 is 27.5 Å². The molecular formula is C16H13F3N2O3. The predicted octanol–water partition coefficient (Wildman–Crippen LogP) is 2.24. The molecule has 0 spiro atoms. The van der Waals surface area contributed by atoms with Gasteiger partial charge in [-0.25, -0.2) is 13.2 Å². The van der Waals surface area contributed by atoms with Gasteiger partial charge in [-0.2, -0.15) is 0 Å². The van der Waals surface area contributed by atoms with Crippen LogP contribution in [-0.4, -0.2) is 25.0 Å². The number of nitrogens with one attached hydrogen (secondary N) is 2. The second kappa shape index (κ2) is 8.00. The molecule has 0 saturated carbocycles. The third kappa shape index (κ3) is 5.31. The minimum Gasteiger partial charge on any atom is -0.484 e. The molecule has 0 heterocycles. The standard InChI is InChI=1S/C16H13F3N2O3/c17-10-1-3-11(4-2-10)21-15(22)8-20-16(23)9-24-12-5-6-13(18)14(19)7-12/h1-7H,8-9H2,(H,20,23)(H,21,22). The fourth-order valence-electron chi connectivity index (χ4n) is 1.68. The Bertz CT molecular complexity index is 736. The highest BCUT2D eigenvalue weighted by Crippen LogP contribution is 2.15. The van der Waals surface area contributed by atoms with Crippen LogP contribution < -0.4 is 15.4 Å². The molecule has 0 fully saturated rings. The van der Waals surface area contributed by atoms with Crippen molar-refractivity contribution in [1.29, 1.82) is 0 Å². The number of anilines is 1. The molecule has 2 rings (SSSR count). The van der Waals surface area contributed by atoms with Crippen LogP contribution in [0, 0.1) is 17.5 Å². The van der Waals surface area contributed by atoms with Gasteiger partial charge in [0, 0.05) is 11.8 Å². The lowest BCUT2D eigenvalue weighted by Gasteiger charge is -2.08. The summed E-state index contributed by atoms with van der Waals surface area (Å²) in [5.41, 5.74) is 0.383. The van der Waals surface area contributed by atoms with Crippen LogP contribution in [0.1, 0.15) is 0 Å². The maximum absolute atomic E-state index is 13.0. The molecule has 0 atom stereocenters. The molecule has 2 N–H and O–H groups in total. The van der Waals surface area contributed by atoms with Crippen molar-refractivity contribution in [3.8, 4) is 5.75 Å². The van der Waals surface area contributed by atoms with Crippen LogP contribution in [0.2, 0.25) is 0 Å². The number of halogens is 3. The molecule has 2 aromatic carbocycles. The molecule has 2 aromatic rings. The number of hydrogen-bond donors (Lipinski definition) is 2. The quantitative estimate of drug-likeness (QED) is 0.849. The number of carbonyl (C=O) groups excluding carboxylic acids is 2. The zero-order valence-electron chi connectivity index (χ0n) is 12.3. The van der Waals surface area contributed by atoms with Gasteiger partial charge < -0.3 is 15.4 Å². The van der Waals surface area contributed by atoms with E-state index in [1.807, 2.05) is 0 Å². The Labute approximate surface area is 135 Å². The van der Waals surface area contributed by atoms with E-state index in [1.165, 1.54) is 30.3 Å². The number of rotatable bonds is 6. The summed E-state index contributed by atoms with van der Waals surface area (Å²) in [5.74, 6) is -3.69. The van der Waals surface area contributed by atoms with Gasteiger partial charge in [0.25, 0.3) is 5.91 Å². The van der Waals surface area contributed by atoms with E-state index in [-0.39, 0.29) is 12.3 Å². The van der Waals surface area contributed by atoms with E-state index in [1.54, 1.807) is 0 Å². The number of hydrogen-bond acceptors (Lipinski definition) is 3. The molecule has 126 valence electrons. The van der Waals surface area contributed by atoms with E-state index < -0.39 is 35.9 Å². The Morgan fingerprint density at radius 3 is 2.29 bits per heavy atom. The summed E-state index contributed by atoms with van der Waals surface area (Å²) in [5, 5.41) is 4.75. The summed E-state index contributed by atoms with van der Waals surface area (Å²) < 4.78 is 43.4. The third-order valence-corrected chi connectivity index (χ3v) is 2.84. The fraction of sp³-hybridized carbons (Fsp3) is 0.125. The second-order valence-corrected chi connectivity index (χ2v) is 4.70. The first-order valence-corrected chi connectivity index (χ1v) is 6.84. The summed E-state index contributed by atoms with van der Waals surface area (Å²) in [4.78, 5) is 23.1. The molecule has 8 heteroatoms. The zero-order chi connectivity index (χ0) is 17.5. The van der Waals surface area contributed by atoms with Gasteiger partial charge in [0.05, 0.1) is 6.54 Å². The summed E-state index contributed by atoms with van der Waals surface area (Å²) in [7, 11) is 0. The predicted molar refractivity (Wildman–Crippen MR) is 79.9 cm³/mol. The van der Waals surface area contributed by atoms with Crippen molar-refractivity contribution in [3.63, 3.8) is 0 Å². The maximum Gasteiger partial charge on any atom is 0.258 e. The number of ether oxygens (including phenoxy) is 1. The van der Waals surface area contributed by atoms with Gasteiger partial charge in [-0.15, -0.1) is 0 Å².